The van der Waals surface area contributed by atoms with Crippen LogP contribution in [0.2, 0.25) is 10.2 Å². The maximum atomic E-state index is 9.87. The third kappa shape index (κ3) is 3.63. The smallest absolute Gasteiger partial charge is 0.170 e. The number of hydrogen-bond acceptors (Lipinski definition) is 6. The van der Waals surface area contributed by atoms with E-state index in [1.54, 1.807) is 0 Å². The lowest BCUT2D eigenvalue weighted by atomic mass is 9.78. The van der Waals surface area contributed by atoms with E-state index in [0.717, 1.165) is 31.7 Å². The number of anilines is 1. The first-order valence-electron chi connectivity index (χ1n) is 8.79. The Labute approximate surface area is 163 Å². The van der Waals surface area contributed by atoms with Crippen LogP contribution in [0, 0.1) is 12.3 Å². The summed E-state index contributed by atoms with van der Waals surface area (Å²) in [6.07, 6.45) is 4.89. The fourth-order valence-corrected chi connectivity index (χ4v) is 3.60. The Bertz CT molecular complexity index is 806. The van der Waals surface area contributed by atoms with Gasteiger partial charge < -0.3 is 10.0 Å². The van der Waals surface area contributed by atoms with E-state index in [9.17, 15) is 5.11 Å². The van der Waals surface area contributed by atoms with E-state index in [-0.39, 0.29) is 16.8 Å². The van der Waals surface area contributed by atoms with E-state index >= 15 is 0 Å². The summed E-state index contributed by atoms with van der Waals surface area (Å²) in [7, 11) is 0. The molecular formula is C18H23Cl2N5O. The van der Waals surface area contributed by atoms with Crippen LogP contribution in [0.5, 0.6) is 0 Å². The Hall–Kier alpha value is -1.50. The molecule has 140 valence electrons. The quantitative estimate of drug-likeness (QED) is 0.840. The van der Waals surface area contributed by atoms with Gasteiger partial charge in [-0.25, -0.2) is 9.97 Å². The number of halogens is 2. The molecule has 3 rings (SSSR count). The molecule has 0 amide bonds. The molecule has 2 aromatic heterocycles. The van der Waals surface area contributed by atoms with Crippen LogP contribution in [0.25, 0.3) is 11.3 Å². The predicted molar refractivity (Wildman–Crippen MR) is 104 cm³/mol. The summed E-state index contributed by atoms with van der Waals surface area (Å²) >= 11 is 12.2. The molecule has 6 nitrogen and oxygen atoms in total. The number of aliphatic hydroxyl groups is 1. The average molecular weight is 396 g/mol. The molecule has 8 heteroatoms. The SMILES string of the molecule is CCC1(C)CCN(c2nc(C)c(-c3cnnc(Cl)c3Cl)nc2CO)CC1. The second-order valence-corrected chi connectivity index (χ2v) is 7.84. The van der Waals surface area contributed by atoms with Gasteiger partial charge in [0.05, 0.1) is 29.2 Å². The molecule has 1 aliphatic heterocycles. The largest absolute Gasteiger partial charge is 0.390 e. The topological polar surface area (TPSA) is 75.0 Å². The maximum Gasteiger partial charge on any atom is 0.170 e. The van der Waals surface area contributed by atoms with E-state index in [1.807, 2.05) is 6.92 Å². The number of aryl methyl sites for hydroxylation is 1. The van der Waals surface area contributed by atoms with Crippen molar-refractivity contribution >= 4 is 29.0 Å². The minimum Gasteiger partial charge on any atom is -0.390 e. The highest BCUT2D eigenvalue weighted by atomic mass is 35.5. The fraction of sp³-hybridized carbons (Fsp3) is 0.556. The molecule has 26 heavy (non-hydrogen) atoms. The number of nitrogens with zero attached hydrogens (tertiary/aromatic N) is 5. The number of aliphatic hydroxyl groups excluding tert-OH is 1. The highest BCUT2D eigenvalue weighted by Gasteiger charge is 2.30. The van der Waals surface area contributed by atoms with E-state index in [4.69, 9.17) is 28.2 Å². The molecule has 0 atom stereocenters. The summed E-state index contributed by atoms with van der Waals surface area (Å²) in [6, 6.07) is 0. The molecular weight excluding hydrogens is 373 g/mol. The van der Waals surface area contributed by atoms with Gasteiger partial charge in [0.25, 0.3) is 0 Å². The first-order chi connectivity index (χ1) is 12.4. The van der Waals surface area contributed by atoms with Crippen molar-refractivity contribution in [3.8, 4) is 11.3 Å². The summed E-state index contributed by atoms with van der Waals surface area (Å²) in [6.45, 7) is 8.08. The van der Waals surface area contributed by atoms with Gasteiger partial charge >= 0.3 is 0 Å². The molecule has 0 radical (unpaired) electrons. The van der Waals surface area contributed by atoms with Crippen molar-refractivity contribution in [2.24, 2.45) is 5.41 Å². The molecule has 1 aliphatic rings. The van der Waals surface area contributed by atoms with Crippen molar-refractivity contribution < 1.29 is 5.11 Å². The van der Waals surface area contributed by atoms with Gasteiger partial charge in [0.1, 0.15) is 5.69 Å². The fourth-order valence-electron chi connectivity index (χ4n) is 3.28. The van der Waals surface area contributed by atoms with E-state index in [1.165, 1.54) is 12.6 Å². The van der Waals surface area contributed by atoms with Crippen molar-refractivity contribution in [3.63, 3.8) is 0 Å². The summed E-state index contributed by atoms with van der Waals surface area (Å²) < 4.78 is 0. The van der Waals surface area contributed by atoms with Crippen molar-refractivity contribution in [1.82, 2.24) is 20.2 Å². The van der Waals surface area contributed by atoms with Crippen LogP contribution >= 0.6 is 23.2 Å². The standard InChI is InChI=1S/C18H23Cl2N5O/c1-4-18(3)5-7-25(8-6-18)17-13(10-26)23-15(11(2)22-17)12-9-21-24-16(20)14(12)19/h9,26H,4-8,10H2,1-3H3. The van der Waals surface area contributed by atoms with Gasteiger partial charge in [-0.2, -0.15) is 5.10 Å². The Kier molecular flexibility index (Phi) is 5.65. The van der Waals surface area contributed by atoms with E-state index in [2.05, 4.69) is 33.9 Å². The highest BCUT2D eigenvalue weighted by Crippen LogP contribution is 2.37. The molecule has 2 aromatic rings. The lowest BCUT2D eigenvalue weighted by Gasteiger charge is -2.40. The second kappa shape index (κ2) is 7.62. The van der Waals surface area contributed by atoms with Gasteiger partial charge in [-0.15, -0.1) is 5.10 Å². The number of aromatic nitrogens is 4. The number of piperidine rings is 1. The molecule has 0 aromatic carbocycles. The first-order valence-corrected chi connectivity index (χ1v) is 9.54. The lowest BCUT2D eigenvalue weighted by Crippen LogP contribution is -2.39. The molecule has 0 aliphatic carbocycles. The minimum absolute atomic E-state index is 0.120. The number of rotatable bonds is 4. The molecule has 3 heterocycles. The molecule has 0 bridgehead atoms. The molecule has 0 saturated carbocycles. The van der Waals surface area contributed by atoms with Crippen molar-refractivity contribution in [3.05, 3.63) is 27.8 Å². The summed E-state index contributed by atoms with van der Waals surface area (Å²) in [5.74, 6) is 0.746. The molecule has 1 fully saturated rings. The zero-order chi connectivity index (χ0) is 18.9. The highest BCUT2D eigenvalue weighted by molar-refractivity contribution is 6.42. The van der Waals surface area contributed by atoms with Gasteiger partial charge in [-0.1, -0.05) is 43.5 Å². The first kappa shape index (κ1) is 19.3. The van der Waals surface area contributed by atoms with Gasteiger partial charge in [0.15, 0.2) is 11.0 Å². The summed E-state index contributed by atoms with van der Waals surface area (Å²) in [5.41, 5.74) is 2.76. The van der Waals surface area contributed by atoms with Crippen LogP contribution in [0.3, 0.4) is 0 Å². The Morgan fingerprint density at radius 2 is 1.92 bits per heavy atom. The zero-order valence-corrected chi connectivity index (χ0v) is 16.8. The average Bonchev–Trinajstić information content (AvgIpc) is 2.65. The monoisotopic (exact) mass is 395 g/mol. The van der Waals surface area contributed by atoms with Crippen LogP contribution in [0.1, 0.15) is 44.5 Å². The van der Waals surface area contributed by atoms with Gasteiger partial charge in [-0.05, 0) is 25.2 Å². The predicted octanol–water partition coefficient (Wildman–Crippen LogP) is 4.06. The van der Waals surface area contributed by atoms with E-state index in [0.29, 0.717) is 28.1 Å². The third-order valence-electron chi connectivity index (χ3n) is 5.40. The Balaban J connectivity index is 1.97. The van der Waals surface area contributed by atoms with Crippen LogP contribution < -0.4 is 4.90 Å². The van der Waals surface area contributed by atoms with Crippen molar-refractivity contribution in [2.45, 2.75) is 46.6 Å². The summed E-state index contributed by atoms with van der Waals surface area (Å²) in [5, 5.41) is 17.8. The zero-order valence-electron chi connectivity index (χ0n) is 15.3. The van der Waals surface area contributed by atoms with Gasteiger partial charge in [-0.3, -0.25) is 0 Å². The van der Waals surface area contributed by atoms with Gasteiger partial charge in [0, 0.05) is 18.7 Å². The van der Waals surface area contributed by atoms with Crippen LogP contribution in [-0.2, 0) is 6.61 Å². The maximum absolute atomic E-state index is 9.87. The third-order valence-corrected chi connectivity index (χ3v) is 6.14. The second-order valence-electron chi connectivity index (χ2n) is 7.10. The van der Waals surface area contributed by atoms with Crippen molar-refractivity contribution in [2.75, 3.05) is 18.0 Å². The molecule has 0 spiro atoms. The van der Waals surface area contributed by atoms with Gasteiger partial charge in [0.2, 0.25) is 0 Å². The summed E-state index contributed by atoms with van der Waals surface area (Å²) in [4.78, 5) is 11.6. The molecule has 0 unspecified atom stereocenters. The van der Waals surface area contributed by atoms with Crippen LogP contribution in [0.15, 0.2) is 6.20 Å². The molecule has 1 saturated heterocycles. The normalized spacial score (nSPS) is 16.8. The Morgan fingerprint density at radius 1 is 1.23 bits per heavy atom. The van der Waals surface area contributed by atoms with E-state index < -0.39 is 0 Å². The Morgan fingerprint density at radius 3 is 2.54 bits per heavy atom. The lowest BCUT2D eigenvalue weighted by molar-refractivity contribution is 0.236. The number of hydrogen-bond donors (Lipinski definition) is 1. The van der Waals surface area contributed by atoms with Crippen LogP contribution in [-0.4, -0.2) is 38.4 Å². The minimum atomic E-state index is -0.193. The van der Waals surface area contributed by atoms with Crippen molar-refractivity contribution in [1.29, 1.82) is 0 Å². The molecule has 1 N–H and O–H groups in total. The van der Waals surface area contributed by atoms with Crippen LogP contribution in [0.4, 0.5) is 5.82 Å².